The smallest absolute Gasteiger partial charge is 0.185 e. The highest BCUT2D eigenvalue weighted by molar-refractivity contribution is 6.43. The van der Waals surface area contributed by atoms with Gasteiger partial charge in [-0.1, -0.05) is 34.8 Å². The number of aromatic amines is 1. The van der Waals surface area contributed by atoms with Gasteiger partial charge in [-0.25, -0.2) is 0 Å². The first-order valence-corrected chi connectivity index (χ1v) is 9.79. The largest absolute Gasteiger partial charge is 0.370 e. The summed E-state index contributed by atoms with van der Waals surface area (Å²) >= 11 is 18.3. The van der Waals surface area contributed by atoms with E-state index in [1.807, 2.05) is 24.3 Å². The third kappa shape index (κ3) is 4.17. The van der Waals surface area contributed by atoms with Crippen molar-refractivity contribution in [2.24, 2.45) is 16.5 Å². The van der Waals surface area contributed by atoms with Gasteiger partial charge in [-0.3, -0.25) is 4.99 Å². The van der Waals surface area contributed by atoms with Gasteiger partial charge < -0.3 is 21.8 Å². The lowest BCUT2D eigenvalue weighted by Crippen LogP contribution is -2.23. The van der Waals surface area contributed by atoms with Crippen LogP contribution in [0.3, 0.4) is 0 Å². The van der Waals surface area contributed by atoms with Crippen molar-refractivity contribution in [2.75, 3.05) is 11.9 Å². The minimum absolute atomic E-state index is 0.0576. The molecule has 6 N–H and O–H groups in total. The van der Waals surface area contributed by atoms with Gasteiger partial charge in [0.2, 0.25) is 0 Å². The number of nitrogens with two attached hydrogens (primary N) is 2. The Kier molecular flexibility index (Phi) is 5.36. The van der Waals surface area contributed by atoms with Crippen LogP contribution in [0.25, 0.3) is 21.8 Å². The molecule has 0 aliphatic carbocycles. The van der Waals surface area contributed by atoms with Gasteiger partial charge in [0.25, 0.3) is 0 Å². The number of hydrogen-bond donors (Lipinski definition) is 4. The number of hydrogen-bond acceptors (Lipinski definition) is 4. The molecular weight excluding hydrogens is 433 g/mol. The first-order chi connectivity index (χ1) is 13.9. The van der Waals surface area contributed by atoms with Gasteiger partial charge in [0.15, 0.2) is 16.9 Å². The molecule has 0 aliphatic heterocycles. The fourth-order valence-electron chi connectivity index (χ4n) is 3.18. The second kappa shape index (κ2) is 7.94. The molecule has 0 aliphatic rings. The summed E-state index contributed by atoms with van der Waals surface area (Å²) in [5.41, 5.74) is 14.6. The number of benzene rings is 2. The standard InChI is InChI=1S/C19H16Cl3N7/c20-13-7-11-12-6-10(26-17-2-1-16(22)28-29-17)5-9(3-4-25-19(23)24)18(12)27-15(11)8-14(13)21/h1-2,5-8,27H,3-4H2,(H,26,29)(H4,23,24,25). The molecule has 0 spiro atoms. The van der Waals surface area contributed by atoms with E-state index in [1.165, 1.54) is 0 Å². The third-order valence-corrected chi connectivity index (χ3v) is 5.33. The van der Waals surface area contributed by atoms with E-state index in [1.54, 1.807) is 12.1 Å². The van der Waals surface area contributed by atoms with Crippen LogP contribution < -0.4 is 16.8 Å². The zero-order valence-corrected chi connectivity index (χ0v) is 17.3. The molecule has 29 heavy (non-hydrogen) atoms. The van der Waals surface area contributed by atoms with E-state index in [0.29, 0.717) is 34.0 Å². The lowest BCUT2D eigenvalue weighted by atomic mass is 10.0. The van der Waals surface area contributed by atoms with E-state index in [2.05, 4.69) is 25.5 Å². The average molecular weight is 449 g/mol. The summed E-state index contributed by atoms with van der Waals surface area (Å²) in [6.45, 7) is 0.457. The second-order valence-electron chi connectivity index (χ2n) is 6.42. The van der Waals surface area contributed by atoms with Crippen molar-refractivity contribution in [2.45, 2.75) is 6.42 Å². The molecule has 4 aromatic rings. The van der Waals surface area contributed by atoms with E-state index in [9.17, 15) is 0 Å². The minimum atomic E-state index is 0.0576. The molecule has 0 saturated heterocycles. The molecule has 0 radical (unpaired) electrons. The molecule has 10 heteroatoms. The number of H-pyrrole nitrogens is 1. The summed E-state index contributed by atoms with van der Waals surface area (Å²) in [7, 11) is 0. The van der Waals surface area contributed by atoms with Crippen LogP contribution in [0.15, 0.2) is 41.4 Å². The first-order valence-electron chi connectivity index (χ1n) is 8.65. The van der Waals surface area contributed by atoms with E-state index in [4.69, 9.17) is 46.3 Å². The lowest BCUT2D eigenvalue weighted by Gasteiger charge is -2.09. The molecule has 2 aromatic heterocycles. The Labute approximate surface area is 181 Å². The Morgan fingerprint density at radius 3 is 2.52 bits per heavy atom. The SMILES string of the molecule is NC(N)=NCCc1cc(Nc2ccc(Cl)nn2)cc2c1[nH]c1cc(Cl)c(Cl)cc12. The molecule has 0 unspecified atom stereocenters. The summed E-state index contributed by atoms with van der Waals surface area (Å²) in [5.74, 6) is 0.631. The van der Waals surface area contributed by atoms with Crippen LogP contribution >= 0.6 is 34.8 Å². The number of fused-ring (bicyclic) bond motifs is 3. The average Bonchev–Trinajstić information content (AvgIpc) is 3.01. The summed E-state index contributed by atoms with van der Waals surface area (Å²) in [5, 5.41) is 14.4. The summed E-state index contributed by atoms with van der Waals surface area (Å²) < 4.78 is 0. The minimum Gasteiger partial charge on any atom is -0.370 e. The van der Waals surface area contributed by atoms with Crippen LogP contribution in [0.1, 0.15) is 5.56 Å². The van der Waals surface area contributed by atoms with Crippen molar-refractivity contribution in [3.05, 3.63) is 57.2 Å². The van der Waals surface area contributed by atoms with Gasteiger partial charge in [-0.05, 0) is 48.4 Å². The van der Waals surface area contributed by atoms with Gasteiger partial charge in [-0.15, -0.1) is 10.2 Å². The maximum Gasteiger partial charge on any atom is 0.185 e. The van der Waals surface area contributed by atoms with E-state index < -0.39 is 0 Å². The fourth-order valence-corrected chi connectivity index (χ4v) is 3.60. The predicted molar refractivity (Wildman–Crippen MR) is 121 cm³/mol. The molecule has 2 aromatic carbocycles. The maximum atomic E-state index is 6.25. The van der Waals surface area contributed by atoms with Crippen molar-refractivity contribution in [1.82, 2.24) is 15.2 Å². The van der Waals surface area contributed by atoms with Crippen molar-refractivity contribution in [3.8, 4) is 0 Å². The van der Waals surface area contributed by atoms with Crippen LogP contribution in [0, 0.1) is 0 Å². The van der Waals surface area contributed by atoms with Crippen LogP contribution in [0.2, 0.25) is 15.2 Å². The van der Waals surface area contributed by atoms with Gasteiger partial charge in [0, 0.05) is 34.0 Å². The first kappa shape index (κ1) is 19.6. The van der Waals surface area contributed by atoms with Crippen LogP contribution in [-0.2, 0) is 6.42 Å². The van der Waals surface area contributed by atoms with Gasteiger partial charge in [0.1, 0.15) is 0 Å². The molecule has 0 atom stereocenters. The third-order valence-electron chi connectivity index (χ3n) is 4.41. The Balaban J connectivity index is 1.84. The summed E-state index contributed by atoms with van der Waals surface area (Å²) in [6.07, 6.45) is 0.629. The number of nitrogens with one attached hydrogen (secondary N) is 2. The van der Waals surface area contributed by atoms with Gasteiger partial charge >= 0.3 is 0 Å². The molecule has 2 heterocycles. The number of halogens is 3. The zero-order chi connectivity index (χ0) is 20.5. The number of aromatic nitrogens is 3. The van der Waals surface area contributed by atoms with Gasteiger partial charge in [-0.2, -0.15) is 0 Å². The monoisotopic (exact) mass is 447 g/mol. The Morgan fingerprint density at radius 2 is 1.79 bits per heavy atom. The van der Waals surface area contributed by atoms with Crippen molar-refractivity contribution >= 4 is 74.1 Å². The number of anilines is 2. The van der Waals surface area contributed by atoms with E-state index >= 15 is 0 Å². The molecule has 0 bridgehead atoms. The van der Waals surface area contributed by atoms with E-state index in [-0.39, 0.29) is 5.96 Å². The summed E-state index contributed by atoms with van der Waals surface area (Å²) in [6, 6.07) is 11.1. The molecule has 148 valence electrons. The van der Waals surface area contributed by atoms with Crippen LogP contribution in [0.4, 0.5) is 11.5 Å². The van der Waals surface area contributed by atoms with Gasteiger partial charge in [0.05, 0.1) is 10.0 Å². The molecule has 0 fully saturated rings. The van der Waals surface area contributed by atoms with Crippen molar-refractivity contribution in [1.29, 1.82) is 0 Å². The molecule has 0 saturated carbocycles. The zero-order valence-electron chi connectivity index (χ0n) is 15.0. The highest BCUT2D eigenvalue weighted by Crippen LogP contribution is 2.36. The highest BCUT2D eigenvalue weighted by atomic mass is 35.5. The lowest BCUT2D eigenvalue weighted by molar-refractivity contribution is 0.968. The van der Waals surface area contributed by atoms with Crippen molar-refractivity contribution < 1.29 is 0 Å². The maximum absolute atomic E-state index is 6.25. The molecule has 4 rings (SSSR count). The Hall–Kier alpha value is -2.74. The highest BCUT2D eigenvalue weighted by Gasteiger charge is 2.13. The number of rotatable bonds is 5. The number of guanidine groups is 1. The number of aliphatic imine (C=N–C) groups is 1. The molecular formula is C19H16Cl3N7. The van der Waals surface area contributed by atoms with Crippen molar-refractivity contribution in [3.63, 3.8) is 0 Å². The van der Waals surface area contributed by atoms with E-state index in [0.717, 1.165) is 33.1 Å². The predicted octanol–water partition coefficient (Wildman–Crippen LogP) is 4.63. The van der Waals surface area contributed by atoms with Crippen LogP contribution in [-0.4, -0.2) is 27.7 Å². The Morgan fingerprint density at radius 1 is 1.00 bits per heavy atom. The van der Waals surface area contributed by atoms with Crippen LogP contribution in [0.5, 0.6) is 0 Å². The normalized spacial score (nSPS) is 11.1. The Bertz CT molecular complexity index is 1230. The molecule has 0 amide bonds. The number of nitrogens with zero attached hydrogens (tertiary/aromatic N) is 3. The summed E-state index contributed by atoms with van der Waals surface area (Å²) in [4.78, 5) is 7.51. The topological polar surface area (TPSA) is 118 Å². The fraction of sp³-hybridized carbons (Fsp3) is 0.105. The second-order valence-corrected chi connectivity index (χ2v) is 7.62. The quantitative estimate of drug-likeness (QED) is 0.262. The molecule has 7 nitrogen and oxygen atoms in total.